The second-order valence-electron chi connectivity index (χ2n) is 5.09. The van der Waals surface area contributed by atoms with Gasteiger partial charge in [0.15, 0.2) is 0 Å². The Morgan fingerprint density at radius 1 is 0.882 bits per heavy atom. The Bertz CT molecular complexity index is 474. The highest BCUT2D eigenvalue weighted by Gasteiger charge is 2.23. The lowest BCUT2D eigenvalue weighted by atomic mass is 10.2. The first kappa shape index (κ1) is 12.5. The third kappa shape index (κ3) is 3.24. The lowest BCUT2D eigenvalue weighted by Gasteiger charge is -2.23. The van der Waals surface area contributed by atoms with Gasteiger partial charge in [-0.1, -0.05) is 66.3 Å². The number of rotatable bonds is 3. The Labute approximate surface area is 110 Å². The molecule has 0 radical (unpaired) electrons. The SMILES string of the molecule is C[Si](C)(Cc1ccc(S)cc1)c1ccccc1. The van der Waals surface area contributed by atoms with Crippen molar-refractivity contribution < 1.29 is 0 Å². The second-order valence-corrected chi connectivity index (χ2v) is 10.3. The molecular formula is C15H18SSi. The van der Waals surface area contributed by atoms with Gasteiger partial charge in [-0.15, -0.1) is 12.6 Å². The van der Waals surface area contributed by atoms with Gasteiger partial charge in [0, 0.05) is 4.90 Å². The first-order valence-corrected chi connectivity index (χ1v) is 9.57. The van der Waals surface area contributed by atoms with Gasteiger partial charge in [-0.2, -0.15) is 0 Å². The molecule has 0 N–H and O–H groups in total. The van der Waals surface area contributed by atoms with Gasteiger partial charge in [-0.3, -0.25) is 0 Å². The zero-order valence-corrected chi connectivity index (χ0v) is 12.2. The predicted octanol–water partition coefficient (Wildman–Crippen LogP) is 3.67. The molecule has 0 saturated heterocycles. The van der Waals surface area contributed by atoms with E-state index in [1.54, 1.807) is 0 Å². The molecule has 0 aliphatic carbocycles. The standard InChI is InChI=1S/C15H18SSi/c1-17(2,15-6-4-3-5-7-15)12-13-8-10-14(16)11-9-13/h3-11,16H,12H2,1-2H3. The van der Waals surface area contributed by atoms with Gasteiger partial charge in [0.25, 0.3) is 0 Å². The van der Waals surface area contributed by atoms with Crippen LogP contribution in [0.4, 0.5) is 0 Å². The third-order valence-corrected chi connectivity index (χ3v) is 6.62. The maximum Gasteiger partial charge on any atom is 0.0849 e. The predicted molar refractivity (Wildman–Crippen MR) is 81.0 cm³/mol. The molecule has 2 aromatic rings. The molecule has 2 rings (SSSR count). The topological polar surface area (TPSA) is 0 Å². The molecule has 88 valence electrons. The van der Waals surface area contributed by atoms with Crippen LogP contribution in [-0.2, 0) is 6.04 Å². The Morgan fingerprint density at radius 3 is 2.06 bits per heavy atom. The van der Waals surface area contributed by atoms with Gasteiger partial charge >= 0.3 is 0 Å². The van der Waals surface area contributed by atoms with E-state index in [1.807, 2.05) is 0 Å². The smallest absolute Gasteiger partial charge is 0.0849 e. The summed E-state index contributed by atoms with van der Waals surface area (Å²) < 4.78 is 0. The highest BCUT2D eigenvalue weighted by Crippen LogP contribution is 2.14. The number of benzene rings is 2. The van der Waals surface area contributed by atoms with Gasteiger partial charge in [0.1, 0.15) is 0 Å². The molecule has 0 saturated carbocycles. The molecule has 0 bridgehead atoms. The number of hydrogen-bond acceptors (Lipinski definition) is 1. The van der Waals surface area contributed by atoms with Gasteiger partial charge in [0.05, 0.1) is 8.07 Å². The summed E-state index contributed by atoms with van der Waals surface area (Å²) in [5.74, 6) is 0. The van der Waals surface area contributed by atoms with Crippen molar-refractivity contribution in [3.63, 3.8) is 0 Å². The molecule has 0 aromatic heterocycles. The Kier molecular flexibility index (Phi) is 3.75. The van der Waals surface area contributed by atoms with Crippen LogP contribution in [0.15, 0.2) is 59.5 Å². The van der Waals surface area contributed by atoms with Crippen molar-refractivity contribution in [3.05, 3.63) is 60.2 Å². The maximum atomic E-state index is 4.32. The summed E-state index contributed by atoms with van der Waals surface area (Å²) in [7, 11) is -1.36. The van der Waals surface area contributed by atoms with Gasteiger partial charge in [-0.25, -0.2) is 0 Å². The maximum absolute atomic E-state index is 4.32. The minimum atomic E-state index is -1.36. The zero-order valence-electron chi connectivity index (χ0n) is 10.4. The van der Waals surface area contributed by atoms with Crippen LogP contribution >= 0.6 is 12.6 Å². The minimum absolute atomic E-state index is 1.04. The van der Waals surface area contributed by atoms with Crippen molar-refractivity contribution in [2.45, 2.75) is 24.0 Å². The van der Waals surface area contributed by atoms with Gasteiger partial charge in [-0.05, 0) is 18.2 Å². The minimum Gasteiger partial charge on any atom is -0.143 e. The van der Waals surface area contributed by atoms with Crippen LogP contribution in [0.3, 0.4) is 0 Å². The number of thiol groups is 1. The van der Waals surface area contributed by atoms with Crippen LogP contribution in [-0.4, -0.2) is 8.07 Å². The van der Waals surface area contributed by atoms with E-state index in [-0.39, 0.29) is 0 Å². The molecule has 2 aromatic carbocycles. The fourth-order valence-corrected chi connectivity index (χ4v) is 4.82. The fourth-order valence-electron chi connectivity index (χ4n) is 2.12. The van der Waals surface area contributed by atoms with Crippen molar-refractivity contribution in [1.29, 1.82) is 0 Å². The normalized spacial score (nSPS) is 11.5. The van der Waals surface area contributed by atoms with Crippen LogP contribution in [0, 0.1) is 0 Å². The molecule has 0 heterocycles. The summed E-state index contributed by atoms with van der Waals surface area (Å²) >= 11 is 4.32. The molecule has 0 spiro atoms. The van der Waals surface area contributed by atoms with E-state index in [4.69, 9.17) is 0 Å². The van der Waals surface area contributed by atoms with Crippen LogP contribution in [0.25, 0.3) is 0 Å². The van der Waals surface area contributed by atoms with E-state index >= 15 is 0 Å². The van der Waals surface area contributed by atoms with E-state index in [0.29, 0.717) is 0 Å². The van der Waals surface area contributed by atoms with E-state index < -0.39 is 8.07 Å². The average Bonchev–Trinajstić information content (AvgIpc) is 2.33. The van der Waals surface area contributed by atoms with Crippen molar-refractivity contribution in [3.8, 4) is 0 Å². The first-order chi connectivity index (χ1) is 8.08. The van der Waals surface area contributed by atoms with Crippen molar-refractivity contribution in [2.24, 2.45) is 0 Å². The summed E-state index contributed by atoms with van der Waals surface area (Å²) in [5.41, 5.74) is 1.42. The van der Waals surface area contributed by atoms with Crippen molar-refractivity contribution in [2.75, 3.05) is 0 Å². The molecule has 0 atom stereocenters. The first-order valence-electron chi connectivity index (χ1n) is 5.91. The highest BCUT2D eigenvalue weighted by atomic mass is 32.1. The molecule has 0 fully saturated rings. The molecule has 2 heteroatoms. The molecule has 0 amide bonds. The van der Waals surface area contributed by atoms with E-state index in [0.717, 1.165) is 4.90 Å². The second kappa shape index (κ2) is 5.11. The van der Waals surface area contributed by atoms with E-state index in [2.05, 4.69) is 80.3 Å². The Hall–Kier alpha value is -0.993. The summed E-state index contributed by atoms with van der Waals surface area (Å²) in [6, 6.07) is 20.6. The molecule has 0 nitrogen and oxygen atoms in total. The van der Waals surface area contributed by atoms with Crippen LogP contribution in [0.5, 0.6) is 0 Å². The summed E-state index contributed by atoms with van der Waals surface area (Å²) in [4.78, 5) is 1.04. The fraction of sp³-hybridized carbons (Fsp3) is 0.200. The van der Waals surface area contributed by atoms with Crippen LogP contribution in [0.2, 0.25) is 13.1 Å². The lowest BCUT2D eigenvalue weighted by Crippen LogP contribution is -2.43. The third-order valence-electron chi connectivity index (χ3n) is 3.14. The quantitative estimate of drug-likeness (QED) is 0.630. The molecule has 17 heavy (non-hydrogen) atoms. The molecule has 0 aliphatic heterocycles. The van der Waals surface area contributed by atoms with Gasteiger partial charge in [0.2, 0.25) is 0 Å². The summed E-state index contributed by atoms with van der Waals surface area (Å²) in [6.07, 6.45) is 0. The van der Waals surface area contributed by atoms with Crippen LogP contribution < -0.4 is 5.19 Å². The molecule has 0 unspecified atom stereocenters. The van der Waals surface area contributed by atoms with Crippen LogP contribution in [0.1, 0.15) is 5.56 Å². The van der Waals surface area contributed by atoms with Gasteiger partial charge < -0.3 is 0 Å². The zero-order chi connectivity index (χ0) is 12.3. The largest absolute Gasteiger partial charge is 0.143 e. The van der Waals surface area contributed by atoms with Crippen molar-refractivity contribution >= 4 is 25.9 Å². The van der Waals surface area contributed by atoms with E-state index in [9.17, 15) is 0 Å². The number of hydrogen-bond donors (Lipinski definition) is 1. The van der Waals surface area contributed by atoms with E-state index in [1.165, 1.54) is 16.8 Å². The summed E-state index contributed by atoms with van der Waals surface area (Å²) in [6.45, 7) is 4.86. The Morgan fingerprint density at radius 2 is 1.47 bits per heavy atom. The summed E-state index contributed by atoms with van der Waals surface area (Å²) in [5, 5.41) is 1.52. The average molecular weight is 258 g/mol. The molecular weight excluding hydrogens is 240 g/mol. The highest BCUT2D eigenvalue weighted by molar-refractivity contribution is 7.80. The van der Waals surface area contributed by atoms with Crippen molar-refractivity contribution in [1.82, 2.24) is 0 Å². The Balaban J connectivity index is 2.20. The monoisotopic (exact) mass is 258 g/mol. The lowest BCUT2D eigenvalue weighted by molar-refractivity contribution is 1.29. The molecule has 0 aliphatic rings.